The number of cyclic esters (lactones) is 1. The van der Waals surface area contributed by atoms with Crippen LogP contribution in [-0.4, -0.2) is 67.1 Å². The van der Waals surface area contributed by atoms with Gasteiger partial charge in [-0.25, -0.2) is 9.78 Å². The fourth-order valence-corrected chi connectivity index (χ4v) is 4.98. The quantitative estimate of drug-likeness (QED) is 0.155. The molecule has 2 aromatic rings. The van der Waals surface area contributed by atoms with E-state index in [0.717, 1.165) is 31.6 Å². The van der Waals surface area contributed by atoms with Gasteiger partial charge in [0, 0.05) is 31.5 Å². The van der Waals surface area contributed by atoms with Crippen LogP contribution < -0.4 is 14.8 Å². The highest BCUT2D eigenvalue weighted by molar-refractivity contribution is 5.97. The number of methoxy groups -OCH3 is 1. The number of hydrogen-bond donors (Lipinski definition) is 2. The molecule has 0 amide bonds. The second kappa shape index (κ2) is 15.3. The Hall–Kier alpha value is -3.18. The third-order valence-corrected chi connectivity index (χ3v) is 7.30. The summed E-state index contributed by atoms with van der Waals surface area (Å²) >= 11 is 0. The molecule has 4 rings (SSSR count). The summed E-state index contributed by atoms with van der Waals surface area (Å²) in [4.78, 5) is 20.8. The predicted octanol–water partition coefficient (Wildman–Crippen LogP) is 5.41. The number of nitrogens with one attached hydrogen (secondary N) is 2. The van der Waals surface area contributed by atoms with Crippen molar-refractivity contribution < 1.29 is 33.2 Å². The van der Waals surface area contributed by atoms with Crippen LogP contribution in [0.15, 0.2) is 42.8 Å². The Kier molecular flexibility index (Phi) is 11.6. The summed E-state index contributed by atoms with van der Waals surface area (Å²) in [6.45, 7) is 9.84. The van der Waals surface area contributed by atoms with Gasteiger partial charge in [-0.3, -0.25) is 0 Å². The number of imidazole rings is 1. The van der Waals surface area contributed by atoms with E-state index < -0.39 is 11.8 Å². The van der Waals surface area contributed by atoms with Gasteiger partial charge in [-0.2, -0.15) is 0 Å². The lowest BCUT2D eigenvalue weighted by molar-refractivity contribution is -0.145. The Morgan fingerprint density at radius 3 is 2.62 bits per heavy atom. The van der Waals surface area contributed by atoms with E-state index >= 15 is 0 Å². The van der Waals surface area contributed by atoms with Crippen molar-refractivity contribution >= 4 is 12.0 Å². The number of rotatable bonds is 11. The molecule has 3 heterocycles. The van der Waals surface area contributed by atoms with Gasteiger partial charge in [0.25, 0.3) is 0 Å². The average Bonchev–Trinajstić information content (AvgIpc) is 3.57. The van der Waals surface area contributed by atoms with Crippen molar-refractivity contribution in [1.82, 2.24) is 15.3 Å². The summed E-state index contributed by atoms with van der Waals surface area (Å²) in [6.07, 6.45) is 14.2. The number of unbranched alkanes of at least 4 members (excludes halogenated alkanes) is 1. The number of hydrogen-bond acceptors (Lipinski definition) is 9. The van der Waals surface area contributed by atoms with Gasteiger partial charge < -0.3 is 38.7 Å². The number of esters is 1. The predicted molar refractivity (Wildman–Crippen MR) is 159 cm³/mol. The highest BCUT2D eigenvalue weighted by Gasteiger charge is 2.40. The standard InChI is InChI=1S/C32H45N3O7/c1-22-10-8-12-26-27(42-32(3,4)41-26)13-9-11-24-18-25(38-17-7-6-14-33-20-29-34-15-16-35-29)19-28(39-21-37-5)30(24)31(36)40-23(22)2/h8-11,15-16,18-19,22-23,26-27,33H,6-7,12-14,17,20-21H2,1-5H3,(H,34,35)/b10-8-,11-9?/t22-,23+,26-,27+/m1/s1. The number of ether oxygens (including phenoxy) is 6. The molecule has 0 spiro atoms. The van der Waals surface area contributed by atoms with E-state index in [2.05, 4.69) is 27.4 Å². The molecule has 2 aliphatic heterocycles. The van der Waals surface area contributed by atoms with Crippen molar-refractivity contribution in [2.45, 2.75) is 84.0 Å². The zero-order valence-corrected chi connectivity index (χ0v) is 25.4. The Balaban J connectivity index is 1.52. The molecule has 0 unspecified atom stereocenters. The fraction of sp³-hybridized carbons (Fsp3) is 0.562. The fourth-order valence-electron chi connectivity index (χ4n) is 4.98. The highest BCUT2D eigenvalue weighted by Crippen LogP contribution is 2.35. The number of aromatic nitrogens is 2. The lowest BCUT2D eigenvalue weighted by atomic mass is 10.00. The minimum Gasteiger partial charge on any atom is -0.493 e. The molecule has 0 aliphatic carbocycles. The topological polar surface area (TPSA) is 113 Å². The number of benzene rings is 1. The molecular weight excluding hydrogens is 538 g/mol. The maximum atomic E-state index is 13.5. The molecule has 2 aliphatic rings. The zero-order chi connectivity index (χ0) is 30.0. The van der Waals surface area contributed by atoms with E-state index in [4.69, 9.17) is 28.4 Å². The molecule has 4 atom stereocenters. The smallest absolute Gasteiger partial charge is 0.342 e. The number of nitrogens with zero attached hydrogens (tertiary/aromatic N) is 1. The molecule has 1 aromatic carbocycles. The molecule has 2 N–H and O–H groups in total. The molecule has 0 radical (unpaired) electrons. The first-order chi connectivity index (χ1) is 20.3. The monoisotopic (exact) mass is 583 g/mol. The van der Waals surface area contributed by atoms with E-state index in [0.29, 0.717) is 42.2 Å². The van der Waals surface area contributed by atoms with Crippen molar-refractivity contribution in [1.29, 1.82) is 0 Å². The largest absolute Gasteiger partial charge is 0.493 e. The molecule has 1 aromatic heterocycles. The van der Waals surface area contributed by atoms with Crippen LogP contribution in [0.3, 0.4) is 0 Å². The van der Waals surface area contributed by atoms with E-state index in [9.17, 15) is 4.79 Å². The number of carbonyl (C=O) groups excluding carboxylic acids is 1. The van der Waals surface area contributed by atoms with Crippen LogP contribution in [0, 0.1) is 5.92 Å². The van der Waals surface area contributed by atoms with Gasteiger partial charge in [0.15, 0.2) is 12.6 Å². The van der Waals surface area contributed by atoms with Crippen molar-refractivity contribution in [3.05, 3.63) is 59.7 Å². The summed E-state index contributed by atoms with van der Waals surface area (Å²) in [5.74, 6) is 0.755. The molecule has 1 saturated heterocycles. The number of H-pyrrole nitrogens is 1. The minimum atomic E-state index is -0.655. The van der Waals surface area contributed by atoms with E-state index in [1.807, 2.05) is 52.1 Å². The molecule has 230 valence electrons. The first-order valence-corrected chi connectivity index (χ1v) is 14.8. The van der Waals surface area contributed by atoms with Gasteiger partial charge in [-0.05, 0) is 64.6 Å². The van der Waals surface area contributed by atoms with Crippen molar-refractivity contribution in [2.24, 2.45) is 5.92 Å². The van der Waals surface area contributed by atoms with Crippen LogP contribution in [0.5, 0.6) is 11.5 Å². The molecule has 10 nitrogen and oxygen atoms in total. The van der Waals surface area contributed by atoms with Crippen LogP contribution in [0.4, 0.5) is 0 Å². The molecule has 1 fully saturated rings. The summed E-state index contributed by atoms with van der Waals surface area (Å²) in [7, 11) is 1.54. The van der Waals surface area contributed by atoms with E-state index in [-0.39, 0.29) is 31.0 Å². The van der Waals surface area contributed by atoms with Crippen molar-refractivity contribution in [3.63, 3.8) is 0 Å². The second-order valence-corrected chi connectivity index (χ2v) is 11.2. The average molecular weight is 584 g/mol. The Bertz CT molecular complexity index is 1190. The number of fused-ring (bicyclic) bond motifs is 2. The van der Waals surface area contributed by atoms with Crippen molar-refractivity contribution in [3.8, 4) is 11.5 Å². The lowest BCUT2D eigenvalue weighted by Gasteiger charge is -2.21. The summed E-state index contributed by atoms with van der Waals surface area (Å²) in [6, 6.07) is 3.58. The third kappa shape index (κ3) is 9.16. The van der Waals surface area contributed by atoms with Crippen molar-refractivity contribution in [2.75, 3.05) is 27.1 Å². The van der Waals surface area contributed by atoms with Crippen LogP contribution in [-0.2, 0) is 25.5 Å². The first-order valence-electron chi connectivity index (χ1n) is 14.8. The maximum Gasteiger partial charge on any atom is 0.342 e. The highest BCUT2D eigenvalue weighted by atomic mass is 16.7. The molecule has 0 bridgehead atoms. The van der Waals surface area contributed by atoms with Gasteiger partial charge in [0.1, 0.15) is 29.0 Å². The summed E-state index contributed by atoms with van der Waals surface area (Å²) in [5, 5.41) is 3.37. The summed E-state index contributed by atoms with van der Waals surface area (Å²) in [5.41, 5.74) is 0.976. The van der Waals surface area contributed by atoms with Crippen LogP contribution in [0.25, 0.3) is 6.08 Å². The van der Waals surface area contributed by atoms with Gasteiger partial charge in [-0.1, -0.05) is 31.2 Å². The van der Waals surface area contributed by atoms with Gasteiger partial charge in [0.05, 0.1) is 25.4 Å². The van der Waals surface area contributed by atoms with Gasteiger partial charge in [0.2, 0.25) is 0 Å². The SMILES string of the molecule is COCOc1cc(OCCCCNCc2ncc[nH]2)cc2c1C(=O)O[C@@H](C)[C@H](C)/C=C\C[C@H]1OC(C)(C)O[C@H]1CC=C2. The van der Waals surface area contributed by atoms with E-state index in [1.165, 1.54) is 7.11 Å². The molecule has 42 heavy (non-hydrogen) atoms. The lowest BCUT2D eigenvalue weighted by Crippen LogP contribution is -2.23. The normalized spacial score (nSPS) is 24.7. The number of carbonyl (C=O) groups is 1. The first kappa shape index (κ1) is 31.7. The molecule has 10 heteroatoms. The minimum absolute atomic E-state index is 0.00388. The number of aromatic amines is 1. The van der Waals surface area contributed by atoms with Gasteiger partial charge >= 0.3 is 5.97 Å². The summed E-state index contributed by atoms with van der Waals surface area (Å²) < 4.78 is 35.5. The second-order valence-electron chi connectivity index (χ2n) is 11.2. The Morgan fingerprint density at radius 1 is 1.10 bits per heavy atom. The van der Waals surface area contributed by atoms with Gasteiger partial charge in [-0.15, -0.1) is 0 Å². The van der Waals surface area contributed by atoms with Crippen LogP contribution in [0.2, 0.25) is 0 Å². The van der Waals surface area contributed by atoms with E-state index in [1.54, 1.807) is 12.3 Å². The Labute approximate surface area is 248 Å². The third-order valence-electron chi connectivity index (χ3n) is 7.30. The molecule has 0 saturated carbocycles. The zero-order valence-electron chi connectivity index (χ0n) is 25.4. The molecular formula is C32H45N3O7. The maximum absolute atomic E-state index is 13.5. The Morgan fingerprint density at radius 2 is 1.88 bits per heavy atom. The van der Waals surface area contributed by atoms with Crippen LogP contribution >= 0.6 is 0 Å². The van der Waals surface area contributed by atoms with Crippen LogP contribution in [0.1, 0.15) is 75.1 Å².